The van der Waals surface area contributed by atoms with Crippen LogP contribution in [0.4, 0.5) is 18.9 Å². The van der Waals surface area contributed by atoms with Crippen molar-refractivity contribution < 1.29 is 23.4 Å². The second-order valence-electron chi connectivity index (χ2n) is 4.22. The van der Waals surface area contributed by atoms with E-state index in [1.54, 1.807) is 0 Å². The van der Waals surface area contributed by atoms with Gasteiger partial charge in [0.25, 0.3) is 0 Å². The van der Waals surface area contributed by atoms with Gasteiger partial charge < -0.3 is 15.1 Å². The summed E-state index contributed by atoms with van der Waals surface area (Å²) in [6.45, 7) is 1.80. The summed E-state index contributed by atoms with van der Waals surface area (Å²) in [6.07, 6.45) is -3.80. The Morgan fingerprint density at radius 1 is 1.16 bits per heavy atom. The van der Waals surface area contributed by atoms with Crippen molar-refractivity contribution in [1.29, 1.82) is 0 Å². The Balaban J connectivity index is 3.23. The number of nitrogens with zero attached hydrogens (tertiary/aromatic N) is 1. The number of alkyl halides is 3. The minimum absolute atomic E-state index is 0.0422. The van der Waals surface area contributed by atoms with E-state index in [1.807, 2.05) is 6.92 Å². The molecular formula is C13H18F3NO2. The van der Waals surface area contributed by atoms with Gasteiger partial charge in [-0.15, -0.1) is 0 Å². The molecule has 0 aliphatic rings. The van der Waals surface area contributed by atoms with Crippen LogP contribution in [0.15, 0.2) is 18.2 Å². The van der Waals surface area contributed by atoms with E-state index in [9.17, 15) is 13.2 Å². The van der Waals surface area contributed by atoms with Crippen LogP contribution in [0.3, 0.4) is 0 Å². The predicted octanol–water partition coefficient (Wildman–Crippen LogP) is 2.41. The lowest BCUT2D eigenvalue weighted by Gasteiger charge is -2.27. The Morgan fingerprint density at radius 3 is 2.32 bits per heavy atom. The van der Waals surface area contributed by atoms with Gasteiger partial charge in [-0.3, -0.25) is 0 Å². The van der Waals surface area contributed by atoms with Crippen molar-refractivity contribution in [2.24, 2.45) is 0 Å². The second-order valence-corrected chi connectivity index (χ2v) is 4.22. The van der Waals surface area contributed by atoms with Crippen molar-refractivity contribution in [3.8, 4) is 0 Å². The predicted molar refractivity (Wildman–Crippen MR) is 67.0 cm³/mol. The normalized spacial score (nSPS) is 11.7. The molecule has 0 spiro atoms. The van der Waals surface area contributed by atoms with Crippen molar-refractivity contribution >= 4 is 5.69 Å². The third-order valence-corrected chi connectivity index (χ3v) is 2.75. The number of halogens is 3. The summed E-state index contributed by atoms with van der Waals surface area (Å²) in [7, 11) is 0. The molecule has 0 heterocycles. The first-order valence-corrected chi connectivity index (χ1v) is 6.10. The number of anilines is 1. The highest BCUT2D eigenvalue weighted by atomic mass is 19.4. The molecular weight excluding hydrogens is 259 g/mol. The average molecular weight is 277 g/mol. The van der Waals surface area contributed by atoms with E-state index in [2.05, 4.69) is 0 Å². The summed E-state index contributed by atoms with van der Waals surface area (Å²) in [5, 5.41) is 17.9. The lowest BCUT2D eigenvalue weighted by Crippen LogP contribution is -2.29. The standard InChI is InChI=1S/C13H18F3NO2/c1-2-5-17(6-7-18)12-4-3-10(9-19)8-11(12)13(14,15)16/h3-4,8,18-19H,2,5-7,9H2,1H3. The van der Waals surface area contributed by atoms with E-state index < -0.39 is 18.3 Å². The van der Waals surface area contributed by atoms with Crippen LogP contribution < -0.4 is 4.90 Å². The zero-order valence-electron chi connectivity index (χ0n) is 10.7. The van der Waals surface area contributed by atoms with Crippen LogP contribution in [0.25, 0.3) is 0 Å². The molecule has 1 rings (SSSR count). The van der Waals surface area contributed by atoms with Gasteiger partial charge in [0.1, 0.15) is 0 Å². The first kappa shape index (κ1) is 15.8. The van der Waals surface area contributed by atoms with Gasteiger partial charge in [-0.1, -0.05) is 13.0 Å². The molecule has 0 saturated carbocycles. The molecule has 0 saturated heterocycles. The molecule has 0 aliphatic carbocycles. The Labute approximate surface area is 110 Å². The summed E-state index contributed by atoms with van der Waals surface area (Å²) in [6, 6.07) is 3.76. The van der Waals surface area contributed by atoms with Crippen LogP contribution in [0, 0.1) is 0 Å². The Morgan fingerprint density at radius 2 is 1.84 bits per heavy atom. The fourth-order valence-electron chi connectivity index (χ4n) is 1.93. The Kier molecular flexibility index (Phi) is 5.62. The van der Waals surface area contributed by atoms with Gasteiger partial charge in [0, 0.05) is 18.8 Å². The molecule has 1 aromatic rings. The third-order valence-electron chi connectivity index (χ3n) is 2.75. The molecule has 108 valence electrons. The van der Waals surface area contributed by atoms with Gasteiger partial charge in [-0.25, -0.2) is 0 Å². The Hall–Kier alpha value is -1.27. The molecule has 0 bridgehead atoms. The van der Waals surface area contributed by atoms with Crippen LogP contribution in [0.5, 0.6) is 0 Å². The van der Waals surface area contributed by atoms with Gasteiger partial charge in [-0.2, -0.15) is 13.2 Å². The first-order valence-electron chi connectivity index (χ1n) is 6.10. The van der Waals surface area contributed by atoms with Crippen LogP contribution >= 0.6 is 0 Å². The maximum absolute atomic E-state index is 13.0. The highest BCUT2D eigenvalue weighted by Crippen LogP contribution is 2.37. The minimum Gasteiger partial charge on any atom is -0.395 e. The molecule has 0 atom stereocenters. The molecule has 0 aromatic heterocycles. The quantitative estimate of drug-likeness (QED) is 0.839. The number of hydrogen-bond acceptors (Lipinski definition) is 3. The topological polar surface area (TPSA) is 43.7 Å². The molecule has 2 N–H and O–H groups in total. The monoisotopic (exact) mass is 277 g/mol. The average Bonchev–Trinajstić information content (AvgIpc) is 2.37. The van der Waals surface area contributed by atoms with E-state index in [0.717, 1.165) is 6.07 Å². The molecule has 0 fully saturated rings. The number of benzene rings is 1. The van der Waals surface area contributed by atoms with Gasteiger partial charge in [0.2, 0.25) is 0 Å². The summed E-state index contributed by atoms with van der Waals surface area (Å²) >= 11 is 0. The van der Waals surface area contributed by atoms with Crippen LogP contribution in [0.2, 0.25) is 0 Å². The van der Waals surface area contributed by atoms with E-state index in [0.29, 0.717) is 13.0 Å². The molecule has 6 heteroatoms. The minimum atomic E-state index is -4.48. The van der Waals surface area contributed by atoms with Gasteiger partial charge in [0.05, 0.1) is 18.8 Å². The highest BCUT2D eigenvalue weighted by molar-refractivity contribution is 5.56. The second kappa shape index (κ2) is 6.77. The first-order chi connectivity index (χ1) is 8.93. The van der Waals surface area contributed by atoms with Crippen molar-refractivity contribution in [2.75, 3.05) is 24.6 Å². The number of aliphatic hydroxyl groups excluding tert-OH is 2. The van der Waals surface area contributed by atoms with Crippen LogP contribution in [-0.4, -0.2) is 29.9 Å². The van der Waals surface area contributed by atoms with Gasteiger partial charge in [-0.05, 0) is 24.1 Å². The molecule has 3 nitrogen and oxygen atoms in total. The lowest BCUT2D eigenvalue weighted by atomic mass is 10.1. The van der Waals surface area contributed by atoms with Crippen LogP contribution in [0.1, 0.15) is 24.5 Å². The van der Waals surface area contributed by atoms with E-state index >= 15 is 0 Å². The summed E-state index contributed by atoms with van der Waals surface area (Å²) in [5.41, 5.74) is -0.516. The number of hydrogen-bond donors (Lipinski definition) is 2. The molecule has 0 amide bonds. The summed E-state index contributed by atoms with van der Waals surface area (Å²) in [5.74, 6) is 0. The largest absolute Gasteiger partial charge is 0.418 e. The van der Waals surface area contributed by atoms with Gasteiger partial charge >= 0.3 is 6.18 Å². The molecule has 0 radical (unpaired) electrons. The summed E-state index contributed by atoms with van der Waals surface area (Å²) in [4.78, 5) is 1.50. The maximum Gasteiger partial charge on any atom is 0.418 e. The van der Waals surface area contributed by atoms with Crippen molar-refractivity contribution in [2.45, 2.75) is 26.1 Å². The highest BCUT2D eigenvalue weighted by Gasteiger charge is 2.35. The van der Waals surface area contributed by atoms with E-state index in [4.69, 9.17) is 10.2 Å². The molecule has 1 aromatic carbocycles. The fourth-order valence-corrected chi connectivity index (χ4v) is 1.93. The SMILES string of the molecule is CCCN(CCO)c1ccc(CO)cc1C(F)(F)F. The van der Waals surface area contributed by atoms with Crippen molar-refractivity contribution in [3.05, 3.63) is 29.3 Å². The molecule has 0 aliphatic heterocycles. The maximum atomic E-state index is 13.0. The lowest BCUT2D eigenvalue weighted by molar-refractivity contribution is -0.137. The smallest absolute Gasteiger partial charge is 0.395 e. The van der Waals surface area contributed by atoms with E-state index in [1.165, 1.54) is 17.0 Å². The third kappa shape index (κ3) is 4.11. The summed E-state index contributed by atoms with van der Waals surface area (Å²) < 4.78 is 39.1. The molecule has 19 heavy (non-hydrogen) atoms. The van der Waals surface area contributed by atoms with Crippen LogP contribution in [-0.2, 0) is 12.8 Å². The Bertz CT molecular complexity index is 401. The number of aliphatic hydroxyl groups is 2. The van der Waals surface area contributed by atoms with Crippen molar-refractivity contribution in [1.82, 2.24) is 0 Å². The zero-order valence-corrected chi connectivity index (χ0v) is 10.7. The molecule has 0 unspecified atom stereocenters. The number of rotatable bonds is 6. The fraction of sp³-hybridized carbons (Fsp3) is 0.538. The van der Waals surface area contributed by atoms with Gasteiger partial charge in [0.15, 0.2) is 0 Å². The van der Waals surface area contributed by atoms with Crippen molar-refractivity contribution in [3.63, 3.8) is 0 Å². The van der Waals surface area contributed by atoms with E-state index in [-0.39, 0.29) is 24.4 Å². The zero-order chi connectivity index (χ0) is 14.5.